The minimum atomic E-state index is -1.05. The molecule has 1 aliphatic heterocycles. The summed E-state index contributed by atoms with van der Waals surface area (Å²) in [6.45, 7) is 4.66. The van der Waals surface area contributed by atoms with Crippen molar-refractivity contribution < 1.29 is 28.6 Å². The van der Waals surface area contributed by atoms with Crippen molar-refractivity contribution in [1.29, 1.82) is 0 Å². The van der Waals surface area contributed by atoms with Crippen molar-refractivity contribution in [3.63, 3.8) is 0 Å². The summed E-state index contributed by atoms with van der Waals surface area (Å²) in [5.41, 5.74) is 4.05. The normalized spacial score (nSPS) is 16.0. The molecule has 2 aliphatic rings. The molecule has 2 amide bonds. The number of aliphatic carboxylic acids is 1. The fraction of sp³-hybridized carbons (Fsp3) is 0.552. The van der Waals surface area contributed by atoms with Gasteiger partial charge in [0.05, 0.1) is 19.1 Å². The first-order valence-electron chi connectivity index (χ1n) is 13.7. The van der Waals surface area contributed by atoms with Crippen LogP contribution in [-0.2, 0) is 28.8 Å². The van der Waals surface area contributed by atoms with E-state index >= 15 is 0 Å². The number of hydrogen-bond donors (Lipinski definition) is 1. The van der Waals surface area contributed by atoms with Gasteiger partial charge in [0.2, 0.25) is 0 Å². The molecular weight excluding hydrogens is 489 g/mol. The van der Waals surface area contributed by atoms with Gasteiger partial charge in [0.15, 0.2) is 11.6 Å². The fourth-order valence-electron chi connectivity index (χ4n) is 5.19. The first-order valence-corrected chi connectivity index (χ1v) is 13.7. The van der Waals surface area contributed by atoms with Crippen LogP contribution in [0, 0.1) is 5.82 Å². The van der Waals surface area contributed by atoms with Crippen LogP contribution in [-0.4, -0.2) is 71.3 Å². The van der Waals surface area contributed by atoms with Crippen molar-refractivity contribution in [3.8, 4) is 5.75 Å². The molecule has 2 heterocycles. The van der Waals surface area contributed by atoms with Gasteiger partial charge in [-0.1, -0.05) is 19.1 Å². The molecule has 206 valence electrons. The second-order valence-corrected chi connectivity index (χ2v) is 9.95. The van der Waals surface area contributed by atoms with Gasteiger partial charge in [0.25, 0.3) is 0 Å². The van der Waals surface area contributed by atoms with E-state index in [-0.39, 0.29) is 24.8 Å². The van der Waals surface area contributed by atoms with Crippen LogP contribution < -0.4 is 4.74 Å². The lowest BCUT2D eigenvalue weighted by atomic mass is 9.95. The predicted octanol–water partition coefficient (Wildman–Crippen LogP) is 4.79. The molecule has 0 bridgehead atoms. The van der Waals surface area contributed by atoms with E-state index in [4.69, 9.17) is 14.5 Å². The first-order chi connectivity index (χ1) is 18.5. The summed E-state index contributed by atoms with van der Waals surface area (Å²) in [4.78, 5) is 33.0. The highest BCUT2D eigenvalue weighted by atomic mass is 19.1. The van der Waals surface area contributed by atoms with E-state index in [9.17, 15) is 19.1 Å². The van der Waals surface area contributed by atoms with Gasteiger partial charge in [-0.3, -0.25) is 9.78 Å². The van der Waals surface area contributed by atoms with Crippen LogP contribution in [0.4, 0.5) is 9.18 Å². The van der Waals surface area contributed by atoms with Crippen molar-refractivity contribution in [1.82, 2.24) is 14.8 Å². The number of carboxylic acid groups (broad SMARTS) is 1. The van der Waals surface area contributed by atoms with Crippen molar-refractivity contribution >= 4 is 12.0 Å². The Balaban J connectivity index is 1.34. The fourth-order valence-corrected chi connectivity index (χ4v) is 5.19. The summed E-state index contributed by atoms with van der Waals surface area (Å²) in [5, 5.41) is 9.53. The molecule has 8 nitrogen and oxygen atoms in total. The van der Waals surface area contributed by atoms with Crippen molar-refractivity contribution in [2.45, 2.75) is 64.3 Å². The number of nitrogens with zero attached hydrogens (tertiary/aromatic N) is 3. The second kappa shape index (κ2) is 13.6. The molecular formula is C29H38FN3O5. The Labute approximate surface area is 223 Å². The van der Waals surface area contributed by atoms with Crippen molar-refractivity contribution in [3.05, 3.63) is 58.7 Å². The molecule has 1 saturated heterocycles. The maximum absolute atomic E-state index is 14.8. The molecule has 2 aromatic rings. The zero-order valence-corrected chi connectivity index (χ0v) is 22.2. The van der Waals surface area contributed by atoms with Gasteiger partial charge in [0, 0.05) is 37.6 Å². The van der Waals surface area contributed by atoms with Crippen LogP contribution in [0.5, 0.6) is 5.75 Å². The van der Waals surface area contributed by atoms with Crippen LogP contribution >= 0.6 is 0 Å². The third-order valence-corrected chi connectivity index (χ3v) is 7.14. The Morgan fingerprint density at radius 1 is 1.13 bits per heavy atom. The number of carbonyl (C=O) groups excluding carboxylic acids is 1. The van der Waals surface area contributed by atoms with Crippen LogP contribution in [0.1, 0.15) is 67.6 Å². The molecule has 1 fully saturated rings. The summed E-state index contributed by atoms with van der Waals surface area (Å²) >= 11 is 0. The molecule has 1 aromatic heterocycles. The lowest BCUT2D eigenvalue weighted by Crippen LogP contribution is -2.36. The van der Waals surface area contributed by atoms with Gasteiger partial charge >= 0.3 is 12.0 Å². The Morgan fingerprint density at radius 2 is 1.97 bits per heavy atom. The summed E-state index contributed by atoms with van der Waals surface area (Å²) in [7, 11) is 0. The third-order valence-electron chi connectivity index (χ3n) is 7.14. The molecule has 1 aromatic carbocycles. The SMILES string of the molecule is CCCOCCOc1ccc([C@H](CC(=O)O)N2CCN(CCCc3ccc4c(n3)CCCC4)C2=O)cc1F. The molecule has 1 aliphatic carbocycles. The topological polar surface area (TPSA) is 92.2 Å². The summed E-state index contributed by atoms with van der Waals surface area (Å²) in [6, 6.07) is 7.69. The van der Waals surface area contributed by atoms with Crippen LogP contribution in [0.15, 0.2) is 30.3 Å². The highest BCUT2D eigenvalue weighted by Crippen LogP contribution is 2.31. The number of pyridine rings is 1. The summed E-state index contributed by atoms with van der Waals surface area (Å²) in [5.74, 6) is -1.56. The average Bonchev–Trinajstić information content (AvgIpc) is 3.27. The van der Waals surface area contributed by atoms with E-state index in [1.165, 1.54) is 36.2 Å². The Kier molecular flexibility index (Phi) is 9.92. The lowest BCUT2D eigenvalue weighted by Gasteiger charge is -2.27. The van der Waals surface area contributed by atoms with Gasteiger partial charge < -0.3 is 24.4 Å². The Bertz CT molecular complexity index is 1110. The van der Waals surface area contributed by atoms with E-state index in [1.54, 1.807) is 15.9 Å². The number of urea groups is 1. The number of ether oxygens (including phenoxy) is 2. The first kappa shape index (κ1) is 27.8. The highest BCUT2D eigenvalue weighted by molar-refractivity contribution is 5.78. The van der Waals surface area contributed by atoms with Crippen LogP contribution in [0.3, 0.4) is 0 Å². The summed E-state index contributed by atoms with van der Waals surface area (Å²) in [6.07, 6.45) is 6.70. The number of amides is 2. The number of aryl methyl sites for hydroxylation is 3. The van der Waals surface area contributed by atoms with Gasteiger partial charge in [-0.2, -0.15) is 0 Å². The predicted molar refractivity (Wildman–Crippen MR) is 141 cm³/mol. The number of halogens is 1. The van der Waals surface area contributed by atoms with E-state index < -0.39 is 17.8 Å². The number of carbonyl (C=O) groups is 2. The zero-order valence-electron chi connectivity index (χ0n) is 22.2. The van der Waals surface area contributed by atoms with Gasteiger partial charge in [-0.05, 0) is 74.3 Å². The molecule has 1 N–H and O–H groups in total. The molecule has 38 heavy (non-hydrogen) atoms. The van der Waals surface area contributed by atoms with E-state index in [0.29, 0.717) is 38.4 Å². The number of benzene rings is 1. The monoisotopic (exact) mass is 527 g/mol. The Hall–Kier alpha value is -3.20. The van der Waals surface area contributed by atoms with E-state index in [1.807, 2.05) is 6.92 Å². The number of fused-ring (bicyclic) bond motifs is 1. The quantitative estimate of drug-likeness (QED) is 0.355. The Morgan fingerprint density at radius 3 is 2.76 bits per heavy atom. The largest absolute Gasteiger partial charge is 0.488 e. The maximum atomic E-state index is 14.8. The third kappa shape index (κ3) is 7.22. The average molecular weight is 528 g/mol. The zero-order chi connectivity index (χ0) is 26.9. The number of aromatic nitrogens is 1. The number of carboxylic acids is 1. The standard InChI is InChI=1S/C29H38FN3O5/c1-2-16-37-17-18-38-27-12-10-22(19-24(27)30)26(20-28(34)35)33-15-14-32(29(33)36)13-5-7-23-11-9-21-6-3-4-8-25(21)31-23/h9-12,19,26H,2-8,13-18,20H2,1H3,(H,34,35)/t26-/m0/s1. The molecule has 4 rings (SSSR count). The van der Waals surface area contributed by atoms with Crippen LogP contribution in [0.2, 0.25) is 0 Å². The molecule has 1 atom stereocenters. The van der Waals surface area contributed by atoms with Crippen molar-refractivity contribution in [2.24, 2.45) is 0 Å². The minimum Gasteiger partial charge on any atom is -0.488 e. The van der Waals surface area contributed by atoms with E-state index in [2.05, 4.69) is 12.1 Å². The molecule has 0 spiro atoms. The van der Waals surface area contributed by atoms with Crippen LogP contribution in [0.25, 0.3) is 0 Å². The molecule has 0 radical (unpaired) electrons. The second-order valence-electron chi connectivity index (χ2n) is 9.95. The minimum absolute atomic E-state index is 0.0769. The molecule has 0 unspecified atom stereocenters. The van der Waals surface area contributed by atoms with Gasteiger partial charge in [0.1, 0.15) is 6.61 Å². The maximum Gasteiger partial charge on any atom is 0.320 e. The lowest BCUT2D eigenvalue weighted by molar-refractivity contribution is -0.138. The van der Waals surface area contributed by atoms with Gasteiger partial charge in [-0.25, -0.2) is 9.18 Å². The highest BCUT2D eigenvalue weighted by Gasteiger charge is 2.35. The number of hydrogen-bond acceptors (Lipinski definition) is 5. The number of rotatable bonds is 14. The molecule has 0 saturated carbocycles. The molecule has 9 heteroatoms. The van der Waals surface area contributed by atoms with E-state index in [0.717, 1.165) is 37.8 Å². The van der Waals surface area contributed by atoms with Gasteiger partial charge in [-0.15, -0.1) is 0 Å². The summed E-state index contributed by atoms with van der Waals surface area (Å²) < 4.78 is 25.6. The smallest absolute Gasteiger partial charge is 0.320 e. The van der Waals surface area contributed by atoms with Crippen molar-refractivity contribution in [2.75, 3.05) is 39.5 Å².